The summed E-state index contributed by atoms with van der Waals surface area (Å²) in [7, 11) is 0. The van der Waals surface area contributed by atoms with Gasteiger partial charge in [-0.3, -0.25) is 4.98 Å². The Morgan fingerprint density at radius 2 is 2.19 bits per heavy atom. The summed E-state index contributed by atoms with van der Waals surface area (Å²) >= 11 is 12.6. The molecule has 142 valence electrons. The Balaban J connectivity index is 1.95. The van der Waals surface area contributed by atoms with Crippen molar-refractivity contribution >= 4 is 34.1 Å². The number of hydrogen-bond donors (Lipinski definition) is 2. The molecule has 1 aromatic carbocycles. The maximum Gasteiger partial charge on any atom is 0.201 e. The molecule has 0 unspecified atom stereocenters. The first-order chi connectivity index (χ1) is 13.0. The number of nitrogens with two attached hydrogens (primary N) is 1. The van der Waals surface area contributed by atoms with Gasteiger partial charge < -0.3 is 20.1 Å². The average molecular weight is 406 g/mol. The maximum atomic E-state index is 11.0. The Morgan fingerprint density at radius 1 is 1.37 bits per heavy atom. The molecule has 0 amide bonds. The van der Waals surface area contributed by atoms with Crippen LogP contribution in [0.4, 0.5) is 0 Å². The fraction of sp³-hybridized carbons (Fsp3) is 0.350. The van der Waals surface area contributed by atoms with Gasteiger partial charge in [0.05, 0.1) is 23.6 Å². The second-order valence-corrected chi connectivity index (χ2v) is 7.72. The summed E-state index contributed by atoms with van der Waals surface area (Å²) in [5.74, 6) is 0.156. The summed E-state index contributed by atoms with van der Waals surface area (Å²) in [4.78, 5) is 4.67. The van der Waals surface area contributed by atoms with E-state index < -0.39 is 0 Å². The summed E-state index contributed by atoms with van der Waals surface area (Å²) in [6.45, 7) is 3.57. The van der Waals surface area contributed by atoms with E-state index in [9.17, 15) is 5.11 Å². The number of aromatic nitrogens is 2. The summed E-state index contributed by atoms with van der Waals surface area (Å²) < 4.78 is 7.52. The summed E-state index contributed by atoms with van der Waals surface area (Å²) in [5.41, 5.74) is 10.0. The van der Waals surface area contributed by atoms with Crippen molar-refractivity contribution in [3.63, 3.8) is 0 Å². The van der Waals surface area contributed by atoms with Crippen molar-refractivity contribution in [1.29, 1.82) is 0 Å². The number of pyridine rings is 1. The van der Waals surface area contributed by atoms with Crippen molar-refractivity contribution < 1.29 is 9.84 Å². The maximum absolute atomic E-state index is 11.0. The molecule has 27 heavy (non-hydrogen) atoms. The number of nitrogens with zero attached hydrogens (tertiary/aromatic N) is 2. The van der Waals surface area contributed by atoms with Gasteiger partial charge in [0.1, 0.15) is 0 Å². The lowest BCUT2D eigenvalue weighted by Gasteiger charge is -2.15. The van der Waals surface area contributed by atoms with Crippen molar-refractivity contribution in [2.75, 3.05) is 6.61 Å². The third-order valence-electron chi connectivity index (χ3n) is 5.14. The molecular weight excluding hydrogens is 385 g/mol. The number of rotatable bonds is 4. The van der Waals surface area contributed by atoms with Crippen molar-refractivity contribution in [2.24, 2.45) is 5.73 Å². The molecule has 1 aliphatic heterocycles. The second kappa shape index (κ2) is 7.32. The summed E-state index contributed by atoms with van der Waals surface area (Å²) in [5, 5.41) is 12.7. The van der Waals surface area contributed by atoms with Gasteiger partial charge in [0, 0.05) is 46.2 Å². The van der Waals surface area contributed by atoms with E-state index >= 15 is 0 Å². The Labute approximate surface area is 167 Å². The molecule has 1 fully saturated rings. The lowest BCUT2D eigenvalue weighted by molar-refractivity contribution is 0.0952. The standard InChI is InChI=1S/C20H21Cl2N3O2/c1-11-15(8-23)18(14-5-4-12(21)7-16(14)22)19-17(24-11)10-25(20(19)26)9-13-3-2-6-27-13/h4-5,7,10,13,26H,2-3,6,8-9,23H2,1H3/t13-/m0/s1. The summed E-state index contributed by atoms with van der Waals surface area (Å²) in [6, 6.07) is 5.33. The van der Waals surface area contributed by atoms with Gasteiger partial charge in [-0.2, -0.15) is 0 Å². The number of aryl methyl sites for hydroxylation is 1. The van der Waals surface area contributed by atoms with E-state index in [1.54, 1.807) is 16.7 Å². The fourth-order valence-corrected chi connectivity index (χ4v) is 4.33. The Kier molecular flexibility index (Phi) is 5.03. The first kappa shape index (κ1) is 18.6. The molecule has 0 spiro atoms. The molecule has 0 aliphatic carbocycles. The van der Waals surface area contributed by atoms with E-state index in [0.29, 0.717) is 34.0 Å². The molecule has 3 heterocycles. The predicted octanol–water partition coefficient (Wildman–Crippen LogP) is 4.66. The van der Waals surface area contributed by atoms with E-state index in [1.165, 1.54) is 0 Å². The monoisotopic (exact) mass is 405 g/mol. The van der Waals surface area contributed by atoms with Crippen LogP contribution in [0.3, 0.4) is 0 Å². The molecule has 0 bridgehead atoms. The van der Waals surface area contributed by atoms with Crippen LogP contribution in [0.15, 0.2) is 24.4 Å². The van der Waals surface area contributed by atoms with Gasteiger partial charge in [-0.1, -0.05) is 29.3 Å². The quantitative estimate of drug-likeness (QED) is 0.661. The van der Waals surface area contributed by atoms with Gasteiger partial charge in [-0.05, 0) is 37.5 Å². The van der Waals surface area contributed by atoms with Gasteiger partial charge in [0.25, 0.3) is 0 Å². The highest BCUT2D eigenvalue weighted by Crippen LogP contribution is 2.42. The lowest BCUT2D eigenvalue weighted by Crippen LogP contribution is -2.13. The zero-order chi connectivity index (χ0) is 19.1. The second-order valence-electron chi connectivity index (χ2n) is 6.88. The van der Waals surface area contributed by atoms with E-state index in [4.69, 9.17) is 33.7 Å². The molecule has 0 saturated carbocycles. The minimum absolute atomic E-state index is 0.107. The molecule has 4 rings (SSSR count). The van der Waals surface area contributed by atoms with Crippen LogP contribution in [0.25, 0.3) is 22.0 Å². The summed E-state index contributed by atoms with van der Waals surface area (Å²) in [6.07, 6.45) is 4.01. The third kappa shape index (κ3) is 3.29. The van der Waals surface area contributed by atoms with Gasteiger partial charge >= 0.3 is 0 Å². The molecule has 7 heteroatoms. The largest absolute Gasteiger partial charge is 0.494 e. The van der Waals surface area contributed by atoms with Crippen molar-refractivity contribution in [3.8, 4) is 17.0 Å². The molecule has 3 aromatic rings. The molecule has 1 aliphatic rings. The van der Waals surface area contributed by atoms with Crippen LogP contribution >= 0.6 is 23.2 Å². The topological polar surface area (TPSA) is 73.3 Å². The lowest BCUT2D eigenvalue weighted by atomic mass is 9.95. The number of fused-ring (bicyclic) bond motifs is 1. The minimum atomic E-state index is 0.107. The molecule has 0 radical (unpaired) electrons. The number of benzene rings is 1. The highest BCUT2D eigenvalue weighted by Gasteiger charge is 2.24. The Bertz CT molecular complexity index is 1010. The van der Waals surface area contributed by atoms with E-state index in [2.05, 4.69) is 4.98 Å². The van der Waals surface area contributed by atoms with Crippen LogP contribution in [0.5, 0.6) is 5.88 Å². The van der Waals surface area contributed by atoms with Crippen LogP contribution in [0, 0.1) is 6.92 Å². The van der Waals surface area contributed by atoms with Crippen LogP contribution in [-0.4, -0.2) is 27.4 Å². The number of aromatic hydroxyl groups is 1. The van der Waals surface area contributed by atoms with Crippen molar-refractivity contribution in [1.82, 2.24) is 9.55 Å². The highest BCUT2D eigenvalue weighted by molar-refractivity contribution is 6.36. The molecule has 1 atom stereocenters. The molecule has 5 nitrogen and oxygen atoms in total. The molecule has 2 aromatic heterocycles. The van der Waals surface area contributed by atoms with Crippen LogP contribution in [0.2, 0.25) is 10.0 Å². The van der Waals surface area contributed by atoms with E-state index in [-0.39, 0.29) is 12.0 Å². The highest BCUT2D eigenvalue weighted by atomic mass is 35.5. The zero-order valence-corrected chi connectivity index (χ0v) is 16.5. The van der Waals surface area contributed by atoms with Gasteiger partial charge in [-0.25, -0.2) is 0 Å². The van der Waals surface area contributed by atoms with E-state index in [1.807, 2.05) is 19.2 Å². The van der Waals surface area contributed by atoms with E-state index in [0.717, 1.165) is 41.8 Å². The predicted molar refractivity (Wildman–Crippen MR) is 108 cm³/mol. The average Bonchev–Trinajstić information content (AvgIpc) is 3.23. The minimum Gasteiger partial charge on any atom is -0.494 e. The van der Waals surface area contributed by atoms with Gasteiger partial charge in [0.2, 0.25) is 5.88 Å². The van der Waals surface area contributed by atoms with Crippen LogP contribution in [0.1, 0.15) is 24.1 Å². The van der Waals surface area contributed by atoms with Crippen molar-refractivity contribution in [3.05, 3.63) is 45.7 Å². The Morgan fingerprint density at radius 3 is 2.85 bits per heavy atom. The molecular formula is C20H21Cl2N3O2. The number of hydrogen-bond acceptors (Lipinski definition) is 4. The van der Waals surface area contributed by atoms with Crippen LogP contribution in [-0.2, 0) is 17.8 Å². The smallest absolute Gasteiger partial charge is 0.201 e. The molecule has 3 N–H and O–H groups in total. The molecule has 1 saturated heterocycles. The fourth-order valence-electron chi connectivity index (χ4n) is 3.82. The van der Waals surface area contributed by atoms with Crippen LogP contribution < -0.4 is 5.73 Å². The first-order valence-electron chi connectivity index (χ1n) is 8.98. The number of halogens is 2. The number of ether oxygens (including phenoxy) is 1. The third-order valence-corrected chi connectivity index (χ3v) is 5.68. The normalized spacial score (nSPS) is 17.1. The van der Waals surface area contributed by atoms with Gasteiger partial charge in [0.15, 0.2) is 0 Å². The zero-order valence-electron chi connectivity index (χ0n) is 15.0. The van der Waals surface area contributed by atoms with Gasteiger partial charge in [-0.15, -0.1) is 0 Å². The van der Waals surface area contributed by atoms with Crippen molar-refractivity contribution in [2.45, 2.75) is 39.0 Å². The Hall–Kier alpha value is -1.79. The SMILES string of the molecule is Cc1nc2cn(C[C@@H]3CCCO3)c(O)c2c(-c2ccc(Cl)cc2Cl)c1CN. The first-order valence-corrected chi connectivity index (χ1v) is 9.73.